The molecular formula is C23H21F2N3O5. The Hall–Kier alpha value is -3.82. The topological polar surface area (TPSA) is 96.0 Å². The number of carbonyl (C=O) groups excluding carboxylic acids is 4. The molecule has 0 aliphatic carbocycles. The summed E-state index contributed by atoms with van der Waals surface area (Å²) in [5.41, 5.74) is 0.0244. The third kappa shape index (κ3) is 4.41. The zero-order valence-electron chi connectivity index (χ0n) is 17.8. The zero-order valence-corrected chi connectivity index (χ0v) is 17.8. The molecule has 0 bridgehead atoms. The molecule has 1 fully saturated rings. The van der Waals surface area contributed by atoms with Gasteiger partial charge in [0.25, 0.3) is 11.8 Å². The van der Waals surface area contributed by atoms with E-state index in [0.29, 0.717) is 25.3 Å². The summed E-state index contributed by atoms with van der Waals surface area (Å²) in [5.74, 6) is -3.17. The smallest absolute Gasteiger partial charge is 0.262 e. The van der Waals surface area contributed by atoms with Gasteiger partial charge in [-0.15, -0.1) is 0 Å². The average molecular weight is 457 g/mol. The van der Waals surface area contributed by atoms with Gasteiger partial charge in [-0.2, -0.15) is 0 Å². The Kier molecular flexibility index (Phi) is 6.08. The van der Waals surface area contributed by atoms with Crippen LogP contribution in [0.1, 0.15) is 40.0 Å². The van der Waals surface area contributed by atoms with Crippen molar-refractivity contribution in [3.8, 4) is 5.75 Å². The number of hydrogen-bond donors (Lipinski definition) is 1. The lowest BCUT2D eigenvalue weighted by atomic mass is 10.0. The summed E-state index contributed by atoms with van der Waals surface area (Å²) in [6, 6.07) is 6.80. The Labute approximate surface area is 188 Å². The molecule has 2 aromatic rings. The van der Waals surface area contributed by atoms with E-state index in [4.69, 9.17) is 4.74 Å². The normalized spacial score (nSPS) is 17.8. The van der Waals surface area contributed by atoms with Crippen LogP contribution in [0.25, 0.3) is 0 Å². The van der Waals surface area contributed by atoms with Gasteiger partial charge in [0.15, 0.2) is 0 Å². The molecule has 1 saturated heterocycles. The second-order valence-electron chi connectivity index (χ2n) is 7.87. The first kappa shape index (κ1) is 22.4. The molecular weight excluding hydrogens is 436 g/mol. The first-order valence-electron chi connectivity index (χ1n) is 10.4. The summed E-state index contributed by atoms with van der Waals surface area (Å²) >= 11 is 0. The summed E-state index contributed by atoms with van der Waals surface area (Å²) in [6.07, 6.45) is 0.547. The van der Waals surface area contributed by atoms with Crippen LogP contribution < -0.4 is 15.0 Å². The number of ether oxygens (including phenoxy) is 1. The third-order valence-corrected chi connectivity index (χ3v) is 5.64. The molecule has 4 rings (SSSR count). The van der Waals surface area contributed by atoms with Crippen molar-refractivity contribution in [1.82, 2.24) is 10.2 Å². The largest absolute Gasteiger partial charge is 0.494 e. The van der Waals surface area contributed by atoms with E-state index < -0.39 is 35.5 Å². The number of fused-ring (bicyclic) bond motifs is 1. The molecule has 33 heavy (non-hydrogen) atoms. The fraction of sp³-hybridized carbons (Fsp3) is 0.304. The molecule has 4 amide bonds. The van der Waals surface area contributed by atoms with Crippen LogP contribution in [0.2, 0.25) is 0 Å². The number of imide groups is 2. The van der Waals surface area contributed by atoms with Crippen molar-refractivity contribution >= 4 is 29.3 Å². The van der Waals surface area contributed by atoms with Gasteiger partial charge in [0.1, 0.15) is 23.4 Å². The van der Waals surface area contributed by atoms with E-state index in [2.05, 4.69) is 5.32 Å². The zero-order chi connectivity index (χ0) is 23.7. The maximum atomic E-state index is 14.8. The minimum Gasteiger partial charge on any atom is -0.494 e. The molecule has 172 valence electrons. The van der Waals surface area contributed by atoms with E-state index in [1.807, 2.05) is 0 Å². The highest BCUT2D eigenvalue weighted by atomic mass is 19.1. The van der Waals surface area contributed by atoms with Gasteiger partial charge in [0, 0.05) is 20.0 Å². The number of nitrogens with zero attached hydrogens (tertiary/aromatic N) is 2. The van der Waals surface area contributed by atoms with Gasteiger partial charge in [0.2, 0.25) is 11.8 Å². The maximum absolute atomic E-state index is 14.8. The van der Waals surface area contributed by atoms with Gasteiger partial charge in [-0.1, -0.05) is 0 Å². The van der Waals surface area contributed by atoms with Crippen LogP contribution >= 0.6 is 0 Å². The first-order valence-corrected chi connectivity index (χ1v) is 10.4. The minimum absolute atomic E-state index is 0.00610. The van der Waals surface area contributed by atoms with Crippen LogP contribution in [0.5, 0.6) is 5.75 Å². The van der Waals surface area contributed by atoms with Crippen molar-refractivity contribution in [2.75, 3.05) is 25.1 Å². The molecule has 10 heteroatoms. The third-order valence-electron chi connectivity index (χ3n) is 5.64. The molecule has 1 N–H and O–H groups in total. The SMILES string of the molecule is CN(CCCOc1ccc(F)cc1)c1cc2c(cc1F)C(=O)N(C1CCC(=O)NC1=O)C2=O. The lowest BCUT2D eigenvalue weighted by molar-refractivity contribution is -0.136. The Morgan fingerprint density at radius 3 is 2.39 bits per heavy atom. The molecule has 2 aliphatic heterocycles. The number of rotatable bonds is 7. The van der Waals surface area contributed by atoms with Crippen LogP contribution in [0, 0.1) is 11.6 Å². The maximum Gasteiger partial charge on any atom is 0.262 e. The number of anilines is 1. The lowest BCUT2D eigenvalue weighted by Gasteiger charge is -2.27. The highest BCUT2D eigenvalue weighted by molar-refractivity contribution is 6.23. The number of halogens is 2. The monoisotopic (exact) mass is 457 g/mol. The summed E-state index contributed by atoms with van der Waals surface area (Å²) in [4.78, 5) is 51.6. The van der Waals surface area contributed by atoms with Crippen LogP contribution in [-0.4, -0.2) is 54.8 Å². The van der Waals surface area contributed by atoms with E-state index in [9.17, 15) is 28.0 Å². The van der Waals surface area contributed by atoms with Crippen molar-refractivity contribution in [1.29, 1.82) is 0 Å². The number of hydrogen-bond acceptors (Lipinski definition) is 6. The Bertz CT molecular complexity index is 1140. The van der Waals surface area contributed by atoms with Crippen molar-refractivity contribution in [2.45, 2.75) is 25.3 Å². The molecule has 2 aliphatic rings. The van der Waals surface area contributed by atoms with Crippen LogP contribution in [0.4, 0.5) is 14.5 Å². The van der Waals surface area contributed by atoms with E-state index in [-0.39, 0.29) is 35.5 Å². The van der Waals surface area contributed by atoms with Gasteiger partial charge >= 0.3 is 0 Å². The van der Waals surface area contributed by atoms with E-state index in [1.165, 1.54) is 30.3 Å². The minimum atomic E-state index is -1.11. The fourth-order valence-corrected chi connectivity index (χ4v) is 3.91. The summed E-state index contributed by atoms with van der Waals surface area (Å²) in [5, 5.41) is 2.12. The lowest BCUT2D eigenvalue weighted by Crippen LogP contribution is -2.54. The quantitative estimate of drug-likeness (QED) is 0.506. The molecule has 8 nitrogen and oxygen atoms in total. The predicted octanol–water partition coefficient (Wildman–Crippen LogP) is 2.27. The standard InChI is InChI=1S/C23H21F2N3O5/c1-27(9-2-10-33-14-5-3-13(24)4-6-14)19-12-16-15(11-17(19)25)22(31)28(23(16)32)18-7-8-20(29)26-21(18)30/h3-6,11-12,18H,2,7-10H2,1H3,(H,26,29,30). The van der Waals surface area contributed by atoms with E-state index in [1.54, 1.807) is 11.9 Å². The highest BCUT2D eigenvalue weighted by Crippen LogP contribution is 2.32. The number of nitrogens with one attached hydrogen (secondary N) is 1. The van der Waals surface area contributed by atoms with E-state index in [0.717, 1.165) is 11.0 Å². The van der Waals surface area contributed by atoms with E-state index >= 15 is 0 Å². The van der Waals surface area contributed by atoms with Crippen molar-refractivity contribution in [3.63, 3.8) is 0 Å². The number of benzene rings is 2. The summed E-state index contributed by atoms with van der Waals surface area (Å²) < 4.78 is 33.3. The van der Waals surface area contributed by atoms with Gasteiger partial charge < -0.3 is 9.64 Å². The highest BCUT2D eigenvalue weighted by Gasteiger charge is 2.45. The second-order valence-corrected chi connectivity index (χ2v) is 7.87. The molecule has 0 saturated carbocycles. The summed E-state index contributed by atoms with van der Waals surface area (Å²) in [7, 11) is 1.64. The van der Waals surface area contributed by atoms with Gasteiger partial charge in [-0.25, -0.2) is 8.78 Å². The van der Waals surface area contributed by atoms with Crippen molar-refractivity contribution in [3.05, 3.63) is 59.2 Å². The Morgan fingerprint density at radius 1 is 1.06 bits per heavy atom. The number of piperidine rings is 1. The average Bonchev–Trinajstić information content (AvgIpc) is 3.01. The predicted molar refractivity (Wildman–Crippen MR) is 113 cm³/mol. The number of amides is 4. The molecule has 0 radical (unpaired) electrons. The van der Waals surface area contributed by atoms with Gasteiger partial charge in [-0.05, 0) is 49.2 Å². The number of carbonyl (C=O) groups is 4. The van der Waals surface area contributed by atoms with Crippen LogP contribution in [0.15, 0.2) is 36.4 Å². The molecule has 0 aromatic heterocycles. The second kappa shape index (κ2) is 8.97. The molecule has 2 heterocycles. The van der Waals surface area contributed by atoms with Crippen LogP contribution in [-0.2, 0) is 9.59 Å². The van der Waals surface area contributed by atoms with Gasteiger partial charge in [0.05, 0.1) is 23.4 Å². The molecule has 1 atom stereocenters. The Morgan fingerprint density at radius 2 is 1.73 bits per heavy atom. The van der Waals surface area contributed by atoms with Crippen LogP contribution in [0.3, 0.4) is 0 Å². The molecule has 0 spiro atoms. The fourth-order valence-electron chi connectivity index (χ4n) is 3.91. The molecule has 2 aromatic carbocycles. The van der Waals surface area contributed by atoms with Crippen molar-refractivity contribution < 1.29 is 32.7 Å². The van der Waals surface area contributed by atoms with Gasteiger partial charge in [-0.3, -0.25) is 29.4 Å². The Balaban J connectivity index is 1.43. The molecule has 1 unspecified atom stereocenters. The van der Waals surface area contributed by atoms with Crippen molar-refractivity contribution in [2.24, 2.45) is 0 Å². The first-order chi connectivity index (χ1) is 15.8. The summed E-state index contributed by atoms with van der Waals surface area (Å²) in [6.45, 7) is 0.694.